The topological polar surface area (TPSA) is 38.4 Å². The Kier molecular flexibility index (Phi) is 3.89. The standard InChI is InChI=1S/C9H9BrClFN2/c1-5-2-8(14-9(13)4-11)6(10)3-7(5)12/h2-3H,4H2,1H3,(H2,13,14). The number of hydrogen-bond acceptors (Lipinski definition) is 1. The van der Waals surface area contributed by atoms with E-state index in [2.05, 4.69) is 20.9 Å². The fraction of sp³-hybridized carbons (Fsp3) is 0.222. The summed E-state index contributed by atoms with van der Waals surface area (Å²) in [6, 6.07) is 2.97. The molecule has 0 saturated carbocycles. The number of nitrogens with zero attached hydrogens (tertiary/aromatic N) is 1. The van der Waals surface area contributed by atoms with Gasteiger partial charge in [-0.25, -0.2) is 9.38 Å². The zero-order valence-corrected chi connectivity index (χ0v) is 9.86. The van der Waals surface area contributed by atoms with Crippen LogP contribution in [0.3, 0.4) is 0 Å². The summed E-state index contributed by atoms with van der Waals surface area (Å²) in [6.07, 6.45) is 0. The Bertz CT molecular complexity index is 379. The van der Waals surface area contributed by atoms with Gasteiger partial charge in [0.2, 0.25) is 0 Å². The maximum absolute atomic E-state index is 13.0. The van der Waals surface area contributed by atoms with Crippen LogP contribution in [0.4, 0.5) is 10.1 Å². The second-order valence-electron chi connectivity index (χ2n) is 2.79. The number of halogens is 3. The van der Waals surface area contributed by atoms with Crippen LogP contribution in [-0.2, 0) is 0 Å². The SMILES string of the molecule is Cc1cc(N=C(N)CCl)c(Br)cc1F. The van der Waals surface area contributed by atoms with Gasteiger partial charge >= 0.3 is 0 Å². The highest BCUT2D eigenvalue weighted by atomic mass is 79.9. The van der Waals surface area contributed by atoms with E-state index in [1.165, 1.54) is 6.07 Å². The average molecular weight is 280 g/mol. The van der Waals surface area contributed by atoms with Crippen LogP contribution in [0.2, 0.25) is 0 Å². The van der Waals surface area contributed by atoms with Crippen molar-refractivity contribution >= 4 is 39.1 Å². The Morgan fingerprint density at radius 1 is 1.64 bits per heavy atom. The lowest BCUT2D eigenvalue weighted by Gasteiger charge is -2.02. The van der Waals surface area contributed by atoms with E-state index in [4.69, 9.17) is 17.3 Å². The Hall–Kier alpha value is -0.610. The van der Waals surface area contributed by atoms with Crippen LogP contribution < -0.4 is 5.73 Å². The fourth-order valence-electron chi connectivity index (χ4n) is 0.912. The summed E-state index contributed by atoms with van der Waals surface area (Å²) in [5, 5.41) is 0. The monoisotopic (exact) mass is 278 g/mol. The molecule has 14 heavy (non-hydrogen) atoms. The molecule has 5 heteroatoms. The first-order valence-electron chi connectivity index (χ1n) is 3.89. The minimum absolute atomic E-state index is 0.156. The molecule has 1 aromatic rings. The molecule has 0 bridgehead atoms. The fourth-order valence-corrected chi connectivity index (χ4v) is 1.38. The van der Waals surface area contributed by atoms with Crippen LogP contribution in [0.25, 0.3) is 0 Å². The van der Waals surface area contributed by atoms with Crippen LogP contribution in [0, 0.1) is 12.7 Å². The molecule has 0 aliphatic heterocycles. The molecular formula is C9H9BrClFN2. The van der Waals surface area contributed by atoms with Gasteiger partial charge in [-0.2, -0.15) is 0 Å². The van der Waals surface area contributed by atoms with Crippen molar-refractivity contribution in [2.75, 3.05) is 5.88 Å². The number of rotatable bonds is 2. The molecule has 0 atom stereocenters. The van der Waals surface area contributed by atoms with Crippen LogP contribution in [0.5, 0.6) is 0 Å². The average Bonchev–Trinajstić information content (AvgIpc) is 2.14. The maximum Gasteiger partial charge on any atom is 0.127 e. The van der Waals surface area contributed by atoms with Crippen molar-refractivity contribution < 1.29 is 4.39 Å². The number of benzene rings is 1. The zero-order chi connectivity index (χ0) is 10.7. The van der Waals surface area contributed by atoms with Gasteiger partial charge in [0, 0.05) is 4.47 Å². The summed E-state index contributed by atoms with van der Waals surface area (Å²) in [4.78, 5) is 4.03. The highest BCUT2D eigenvalue weighted by Crippen LogP contribution is 2.28. The molecule has 0 fully saturated rings. The van der Waals surface area contributed by atoms with E-state index in [-0.39, 0.29) is 11.7 Å². The molecule has 0 amide bonds. The van der Waals surface area contributed by atoms with E-state index in [1.807, 2.05) is 0 Å². The second kappa shape index (κ2) is 4.75. The van der Waals surface area contributed by atoms with Crippen molar-refractivity contribution in [1.29, 1.82) is 0 Å². The highest BCUT2D eigenvalue weighted by Gasteiger charge is 2.04. The molecule has 1 aromatic carbocycles. The third kappa shape index (κ3) is 2.69. The third-order valence-corrected chi connectivity index (χ3v) is 2.54. The molecule has 2 nitrogen and oxygen atoms in total. The Morgan fingerprint density at radius 2 is 2.29 bits per heavy atom. The molecule has 2 N–H and O–H groups in total. The van der Waals surface area contributed by atoms with Gasteiger partial charge in [-0.1, -0.05) is 0 Å². The summed E-state index contributed by atoms with van der Waals surface area (Å²) >= 11 is 8.67. The molecular weight excluding hydrogens is 270 g/mol. The van der Waals surface area contributed by atoms with E-state index in [0.717, 1.165) is 0 Å². The van der Waals surface area contributed by atoms with Gasteiger partial charge < -0.3 is 5.73 Å². The predicted molar refractivity (Wildman–Crippen MR) is 60.8 cm³/mol. The van der Waals surface area contributed by atoms with E-state index in [0.29, 0.717) is 21.6 Å². The number of amidine groups is 1. The molecule has 1 rings (SSSR count). The van der Waals surface area contributed by atoms with Crippen LogP contribution >= 0.6 is 27.5 Å². The largest absolute Gasteiger partial charge is 0.386 e. The molecule has 0 saturated heterocycles. The first-order valence-corrected chi connectivity index (χ1v) is 5.22. The lowest BCUT2D eigenvalue weighted by molar-refractivity contribution is 0.618. The normalized spacial score (nSPS) is 11.9. The smallest absolute Gasteiger partial charge is 0.127 e. The maximum atomic E-state index is 13.0. The number of alkyl halides is 1. The Labute approximate surface area is 95.1 Å². The van der Waals surface area contributed by atoms with E-state index >= 15 is 0 Å². The summed E-state index contributed by atoms with van der Waals surface area (Å²) < 4.78 is 13.6. The summed E-state index contributed by atoms with van der Waals surface area (Å²) in [5.74, 6) is 0.182. The zero-order valence-electron chi connectivity index (χ0n) is 7.52. The van der Waals surface area contributed by atoms with E-state index in [9.17, 15) is 4.39 Å². The molecule has 0 aromatic heterocycles. The number of aryl methyl sites for hydroxylation is 1. The lowest BCUT2D eigenvalue weighted by atomic mass is 10.2. The van der Waals surface area contributed by atoms with Gasteiger partial charge in [-0.3, -0.25) is 0 Å². The first kappa shape index (κ1) is 11.5. The van der Waals surface area contributed by atoms with E-state index < -0.39 is 0 Å². The van der Waals surface area contributed by atoms with Gasteiger partial charge in [0.15, 0.2) is 0 Å². The minimum Gasteiger partial charge on any atom is -0.386 e. The lowest BCUT2D eigenvalue weighted by Crippen LogP contribution is -2.12. The number of nitrogens with two attached hydrogens (primary N) is 1. The van der Waals surface area contributed by atoms with Crippen LogP contribution in [0.15, 0.2) is 21.6 Å². The van der Waals surface area contributed by atoms with Crippen molar-refractivity contribution in [3.05, 3.63) is 28.0 Å². The molecule has 0 heterocycles. The molecule has 0 aliphatic carbocycles. The molecule has 76 valence electrons. The quantitative estimate of drug-likeness (QED) is 0.504. The van der Waals surface area contributed by atoms with Crippen molar-refractivity contribution in [2.45, 2.75) is 6.92 Å². The van der Waals surface area contributed by atoms with Gasteiger partial charge in [0.05, 0.1) is 11.6 Å². The first-order chi connectivity index (χ1) is 6.54. The Balaban J connectivity index is 3.16. The number of hydrogen-bond donors (Lipinski definition) is 1. The molecule has 0 aliphatic rings. The van der Waals surface area contributed by atoms with Crippen molar-refractivity contribution in [2.24, 2.45) is 10.7 Å². The molecule has 0 unspecified atom stereocenters. The summed E-state index contributed by atoms with van der Waals surface area (Å²) in [7, 11) is 0. The van der Waals surface area contributed by atoms with Crippen molar-refractivity contribution in [3.8, 4) is 0 Å². The van der Waals surface area contributed by atoms with Crippen LogP contribution in [0.1, 0.15) is 5.56 Å². The van der Waals surface area contributed by atoms with Crippen LogP contribution in [-0.4, -0.2) is 11.7 Å². The second-order valence-corrected chi connectivity index (χ2v) is 3.91. The Morgan fingerprint density at radius 3 is 2.86 bits per heavy atom. The molecule has 0 radical (unpaired) electrons. The summed E-state index contributed by atoms with van der Waals surface area (Å²) in [6.45, 7) is 1.66. The highest BCUT2D eigenvalue weighted by molar-refractivity contribution is 9.10. The van der Waals surface area contributed by atoms with Gasteiger partial charge in [-0.15, -0.1) is 11.6 Å². The number of aliphatic imine (C=N–C) groups is 1. The summed E-state index contributed by atoms with van der Waals surface area (Å²) in [5.41, 5.74) is 6.57. The minimum atomic E-state index is -0.278. The van der Waals surface area contributed by atoms with Gasteiger partial charge in [0.25, 0.3) is 0 Å². The van der Waals surface area contributed by atoms with Crippen molar-refractivity contribution in [3.63, 3.8) is 0 Å². The van der Waals surface area contributed by atoms with Gasteiger partial charge in [-0.05, 0) is 40.5 Å². The van der Waals surface area contributed by atoms with Gasteiger partial charge in [0.1, 0.15) is 11.7 Å². The molecule has 0 spiro atoms. The van der Waals surface area contributed by atoms with Crippen molar-refractivity contribution in [1.82, 2.24) is 0 Å². The van der Waals surface area contributed by atoms with E-state index in [1.54, 1.807) is 13.0 Å². The predicted octanol–water partition coefficient (Wildman–Crippen LogP) is 3.12. The third-order valence-electron chi connectivity index (χ3n) is 1.63.